The molecule has 1 atom stereocenters. The van der Waals surface area contributed by atoms with Crippen LogP contribution in [-0.2, 0) is 0 Å². The van der Waals surface area contributed by atoms with Gasteiger partial charge in [-0.25, -0.2) is 4.99 Å². The third kappa shape index (κ3) is 1.43. The van der Waals surface area contributed by atoms with Gasteiger partial charge >= 0.3 is 0 Å². The molecular formula is C9H8N4OS. The maximum Gasteiger partial charge on any atom is 0.215 e. The smallest absolute Gasteiger partial charge is 0.215 e. The van der Waals surface area contributed by atoms with Crippen molar-refractivity contribution in [1.82, 2.24) is 15.2 Å². The summed E-state index contributed by atoms with van der Waals surface area (Å²) >= 11 is 4.88. The van der Waals surface area contributed by atoms with Crippen molar-refractivity contribution in [1.29, 1.82) is 0 Å². The first-order valence-corrected chi connectivity index (χ1v) is 4.65. The molecule has 1 aromatic heterocycles. The number of nitrogens with zero attached hydrogens (tertiary/aromatic N) is 3. The highest BCUT2D eigenvalue weighted by Gasteiger charge is 2.27. The van der Waals surface area contributed by atoms with Gasteiger partial charge in [0.1, 0.15) is 5.69 Å². The third-order valence-corrected chi connectivity index (χ3v) is 2.42. The van der Waals surface area contributed by atoms with Gasteiger partial charge in [0.05, 0.1) is 11.6 Å². The Labute approximate surface area is 90.6 Å². The first kappa shape index (κ1) is 9.88. The van der Waals surface area contributed by atoms with Crippen LogP contribution in [0, 0.1) is 4.77 Å². The van der Waals surface area contributed by atoms with Crippen molar-refractivity contribution in [2.45, 2.75) is 5.92 Å². The summed E-state index contributed by atoms with van der Waals surface area (Å²) in [5.74, 6) is 0.791. The molecule has 1 aliphatic heterocycles. The highest BCUT2D eigenvalue weighted by Crippen LogP contribution is 2.34. The molecule has 6 heteroatoms. The van der Waals surface area contributed by atoms with E-state index in [2.05, 4.69) is 26.2 Å². The molecule has 5 nitrogen and oxygen atoms in total. The summed E-state index contributed by atoms with van der Waals surface area (Å²) in [6, 6.07) is 0. The fraction of sp³-hybridized carbons (Fsp3) is 0.111. The minimum Gasteiger partial charge on any atom is -0.412 e. The zero-order valence-corrected chi connectivity index (χ0v) is 8.45. The molecule has 0 aromatic carbocycles. The summed E-state index contributed by atoms with van der Waals surface area (Å²) in [5, 5.41) is 6.84. The molecule has 0 spiro atoms. The number of hydrogen-bond acceptors (Lipinski definition) is 4. The van der Waals surface area contributed by atoms with Crippen molar-refractivity contribution in [3.8, 4) is 0 Å². The van der Waals surface area contributed by atoms with E-state index in [4.69, 9.17) is 12.2 Å². The maximum atomic E-state index is 4.88. The lowest BCUT2D eigenvalue weighted by atomic mass is 9.97. The average molecular weight is 220 g/mol. The zero-order valence-electron chi connectivity index (χ0n) is 7.64. The van der Waals surface area contributed by atoms with Crippen molar-refractivity contribution >= 4 is 23.7 Å². The molecule has 15 heavy (non-hydrogen) atoms. The summed E-state index contributed by atoms with van der Waals surface area (Å²) in [6.45, 7) is 0. The van der Waals surface area contributed by atoms with E-state index in [0.717, 1.165) is 11.4 Å². The highest BCUT2D eigenvalue weighted by atomic mass is 32.1. The van der Waals surface area contributed by atoms with E-state index in [-0.39, 0.29) is 11.4 Å². The molecule has 0 bridgehead atoms. The molecular weight excluding hydrogens is 212 g/mol. The molecule has 1 aliphatic carbocycles. The van der Waals surface area contributed by atoms with Crippen LogP contribution < -0.4 is 0 Å². The number of nitrogens with one attached hydrogen (secondary N) is 1. The van der Waals surface area contributed by atoms with Crippen LogP contribution in [0.1, 0.15) is 11.6 Å². The predicted molar refractivity (Wildman–Crippen MR) is 58.9 cm³/mol. The van der Waals surface area contributed by atoms with Gasteiger partial charge in [0, 0.05) is 0 Å². The van der Waals surface area contributed by atoms with Gasteiger partial charge in [0.15, 0.2) is 5.82 Å². The standard InChI is InChI=1S/C9H6N4S.H2O/c14-9-11-8-7(12-13-9)5-3-1-2-4-6(5)10-8;/h1-5H,(H,11,13,14);1H2. The molecule has 0 saturated heterocycles. The summed E-state index contributed by atoms with van der Waals surface area (Å²) in [4.78, 5) is 8.47. The van der Waals surface area contributed by atoms with Crippen LogP contribution in [0.25, 0.3) is 0 Å². The fourth-order valence-corrected chi connectivity index (χ4v) is 1.75. The number of aliphatic imine (C=N–C) groups is 1. The molecule has 3 N–H and O–H groups in total. The number of fused-ring (bicyclic) bond motifs is 3. The van der Waals surface area contributed by atoms with Crippen molar-refractivity contribution in [3.05, 3.63) is 34.8 Å². The molecule has 0 saturated carbocycles. The lowest BCUT2D eigenvalue weighted by Gasteiger charge is -2.07. The fourth-order valence-electron chi connectivity index (χ4n) is 1.62. The SMILES string of the molecule is O.S=c1nc2c(n[nH]1)C1C=CC=CC1=N2. The summed E-state index contributed by atoms with van der Waals surface area (Å²) in [7, 11) is 0. The molecule has 0 radical (unpaired) electrons. The van der Waals surface area contributed by atoms with Gasteiger partial charge in [-0.05, 0) is 18.3 Å². The number of aromatic amines is 1. The van der Waals surface area contributed by atoms with Gasteiger partial charge in [-0.3, -0.25) is 5.10 Å². The average Bonchev–Trinajstić information content (AvgIpc) is 2.54. The molecule has 0 amide bonds. The quantitative estimate of drug-likeness (QED) is 0.662. The number of H-pyrrole nitrogens is 1. The Kier molecular flexibility index (Phi) is 2.29. The van der Waals surface area contributed by atoms with Crippen LogP contribution in [0.4, 0.5) is 5.82 Å². The normalized spacial score (nSPS) is 20.3. The Morgan fingerprint density at radius 1 is 1.33 bits per heavy atom. The third-order valence-electron chi connectivity index (χ3n) is 2.24. The van der Waals surface area contributed by atoms with Crippen molar-refractivity contribution < 1.29 is 5.48 Å². The van der Waals surface area contributed by atoms with Gasteiger partial charge in [0.2, 0.25) is 4.77 Å². The van der Waals surface area contributed by atoms with Crippen LogP contribution in [0.3, 0.4) is 0 Å². The minimum absolute atomic E-state index is 0. The summed E-state index contributed by atoms with van der Waals surface area (Å²) in [5.41, 5.74) is 1.84. The van der Waals surface area contributed by atoms with Crippen molar-refractivity contribution in [2.24, 2.45) is 4.99 Å². The van der Waals surface area contributed by atoms with E-state index in [1.165, 1.54) is 0 Å². The van der Waals surface area contributed by atoms with E-state index in [1.807, 2.05) is 18.2 Å². The zero-order chi connectivity index (χ0) is 9.54. The van der Waals surface area contributed by atoms with Gasteiger partial charge in [-0.15, -0.1) is 0 Å². The van der Waals surface area contributed by atoms with Gasteiger partial charge < -0.3 is 5.48 Å². The van der Waals surface area contributed by atoms with E-state index < -0.39 is 0 Å². The van der Waals surface area contributed by atoms with Crippen molar-refractivity contribution in [2.75, 3.05) is 0 Å². The second-order valence-electron chi connectivity index (χ2n) is 3.11. The second kappa shape index (κ2) is 3.48. The molecule has 1 unspecified atom stereocenters. The summed E-state index contributed by atoms with van der Waals surface area (Å²) < 4.78 is 0.375. The topological polar surface area (TPSA) is 85.4 Å². The molecule has 0 fully saturated rings. The summed E-state index contributed by atoms with van der Waals surface area (Å²) in [6.07, 6.45) is 7.97. The largest absolute Gasteiger partial charge is 0.412 e. The predicted octanol–water partition coefficient (Wildman–Crippen LogP) is 1.01. The van der Waals surface area contributed by atoms with Crippen molar-refractivity contribution in [3.63, 3.8) is 0 Å². The number of allylic oxidation sites excluding steroid dienone is 4. The minimum atomic E-state index is 0. The first-order valence-electron chi connectivity index (χ1n) is 4.25. The Balaban J connectivity index is 0.000000853. The molecule has 2 heterocycles. The molecule has 2 aliphatic rings. The van der Waals surface area contributed by atoms with Crippen LogP contribution in [0.2, 0.25) is 0 Å². The van der Waals surface area contributed by atoms with Gasteiger partial charge in [-0.1, -0.05) is 18.2 Å². The number of aromatic nitrogens is 3. The van der Waals surface area contributed by atoms with Crippen LogP contribution in [0.5, 0.6) is 0 Å². The Morgan fingerprint density at radius 2 is 2.20 bits per heavy atom. The number of rotatable bonds is 0. The lowest BCUT2D eigenvalue weighted by Crippen LogP contribution is -2.07. The monoisotopic (exact) mass is 220 g/mol. The van der Waals surface area contributed by atoms with Crippen LogP contribution >= 0.6 is 12.2 Å². The van der Waals surface area contributed by atoms with Gasteiger partial charge in [-0.2, -0.15) is 10.1 Å². The highest BCUT2D eigenvalue weighted by molar-refractivity contribution is 7.71. The maximum absolute atomic E-state index is 4.88. The first-order chi connectivity index (χ1) is 6.84. The molecule has 1 aromatic rings. The van der Waals surface area contributed by atoms with Crippen LogP contribution in [-0.4, -0.2) is 26.4 Å². The number of hydrogen-bond donors (Lipinski definition) is 1. The molecule has 3 rings (SSSR count). The Morgan fingerprint density at radius 3 is 3.07 bits per heavy atom. The van der Waals surface area contributed by atoms with Crippen LogP contribution in [0.15, 0.2) is 29.3 Å². The Bertz CT molecular complexity index is 543. The lowest BCUT2D eigenvalue weighted by molar-refractivity contribution is 0.824. The van der Waals surface area contributed by atoms with E-state index in [1.54, 1.807) is 0 Å². The molecule has 76 valence electrons. The second-order valence-corrected chi connectivity index (χ2v) is 3.49. The van der Waals surface area contributed by atoms with E-state index in [9.17, 15) is 0 Å². The van der Waals surface area contributed by atoms with Gasteiger partial charge in [0.25, 0.3) is 0 Å². The Hall–Kier alpha value is -1.66. The van der Waals surface area contributed by atoms with E-state index in [0.29, 0.717) is 10.6 Å². The van der Waals surface area contributed by atoms with E-state index >= 15 is 0 Å².